The Morgan fingerprint density at radius 1 is 1.60 bits per heavy atom. The zero-order chi connectivity index (χ0) is 10.5. The summed E-state index contributed by atoms with van der Waals surface area (Å²) in [5.41, 5.74) is 0. The Labute approximate surface area is 88.1 Å². The maximum atomic E-state index is 5.22. The van der Waals surface area contributed by atoms with E-state index in [0.29, 0.717) is 6.04 Å². The van der Waals surface area contributed by atoms with Crippen molar-refractivity contribution in [3.8, 4) is 0 Å². The molecule has 0 spiro atoms. The first-order valence-corrected chi connectivity index (χ1v) is 4.93. The number of aromatic nitrogens is 3. The van der Waals surface area contributed by atoms with Crippen molar-refractivity contribution in [2.75, 3.05) is 0 Å². The van der Waals surface area contributed by atoms with Crippen LogP contribution in [0, 0.1) is 0 Å². The molecule has 0 fully saturated rings. The predicted octanol–water partition coefficient (Wildman–Crippen LogP) is 1.05. The molecule has 0 aliphatic rings. The SMILES string of the molecule is CC(Cn1cncn1)NCc1ccco1. The summed E-state index contributed by atoms with van der Waals surface area (Å²) < 4.78 is 7.03. The fourth-order valence-corrected chi connectivity index (χ4v) is 1.36. The lowest BCUT2D eigenvalue weighted by Crippen LogP contribution is -2.29. The van der Waals surface area contributed by atoms with Gasteiger partial charge in [0.25, 0.3) is 0 Å². The van der Waals surface area contributed by atoms with Crippen LogP contribution in [0.5, 0.6) is 0 Å². The van der Waals surface area contributed by atoms with Gasteiger partial charge in [0, 0.05) is 6.04 Å². The van der Waals surface area contributed by atoms with Crippen LogP contribution in [-0.4, -0.2) is 20.8 Å². The van der Waals surface area contributed by atoms with Gasteiger partial charge in [0.15, 0.2) is 0 Å². The molecule has 2 rings (SSSR count). The van der Waals surface area contributed by atoms with E-state index in [0.717, 1.165) is 18.8 Å². The molecule has 0 saturated heterocycles. The van der Waals surface area contributed by atoms with Crippen molar-refractivity contribution in [3.05, 3.63) is 36.8 Å². The molecule has 15 heavy (non-hydrogen) atoms. The van der Waals surface area contributed by atoms with Gasteiger partial charge in [-0.25, -0.2) is 4.98 Å². The fraction of sp³-hybridized carbons (Fsp3) is 0.400. The fourth-order valence-electron chi connectivity index (χ4n) is 1.36. The van der Waals surface area contributed by atoms with E-state index in [9.17, 15) is 0 Å². The van der Waals surface area contributed by atoms with E-state index in [1.807, 2.05) is 12.1 Å². The highest BCUT2D eigenvalue weighted by Gasteiger charge is 2.03. The highest BCUT2D eigenvalue weighted by Crippen LogP contribution is 1.99. The molecule has 5 nitrogen and oxygen atoms in total. The molecule has 1 N–H and O–H groups in total. The van der Waals surface area contributed by atoms with Crippen molar-refractivity contribution >= 4 is 0 Å². The zero-order valence-electron chi connectivity index (χ0n) is 8.63. The lowest BCUT2D eigenvalue weighted by atomic mass is 10.3. The summed E-state index contributed by atoms with van der Waals surface area (Å²) in [5.74, 6) is 0.945. The number of furan rings is 1. The molecule has 0 bridgehead atoms. The smallest absolute Gasteiger partial charge is 0.137 e. The van der Waals surface area contributed by atoms with E-state index in [1.165, 1.54) is 0 Å². The predicted molar refractivity (Wildman–Crippen MR) is 55.0 cm³/mol. The topological polar surface area (TPSA) is 55.9 Å². The van der Waals surface area contributed by atoms with Crippen molar-refractivity contribution in [1.29, 1.82) is 0 Å². The average molecular weight is 206 g/mol. The largest absolute Gasteiger partial charge is 0.468 e. The Hall–Kier alpha value is -1.62. The molecule has 5 heteroatoms. The highest BCUT2D eigenvalue weighted by atomic mass is 16.3. The number of hydrogen-bond donors (Lipinski definition) is 1. The standard InChI is InChI=1S/C10H14N4O/c1-9(6-14-8-11-7-13-14)12-5-10-3-2-4-15-10/h2-4,7-9,12H,5-6H2,1H3. The van der Waals surface area contributed by atoms with Gasteiger partial charge >= 0.3 is 0 Å². The van der Waals surface area contributed by atoms with Crippen molar-refractivity contribution in [2.24, 2.45) is 0 Å². The summed E-state index contributed by atoms with van der Waals surface area (Å²) in [6, 6.07) is 4.17. The molecule has 1 unspecified atom stereocenters. The van der Waals surface area contributed by atoms with Crippen LogP contribution in [0.4, 0.5) is 0 Å². The summed E-state index contributed by atoms with van der Waals surface area (Å²) in [7, 11) is 0. The van der Waals surface area contributed by atoms with Gasteiger partial charge in [0.05, 0.1) is 19.4 Å². The Bertz CT molecular complexity index is 368. The summed E-state index contributed by atoms with van der Waals surface area (Å²) in [4.78, 5) is 3.89. The Morgan fingerprint density at radius 3 is 3.20 bits per heavy atom. The third kappa shape index (κ3) is 2.92. The molecule has 0 radical (unpaired) electrons. The summed E-state index contributed by atoms with van der Waals surface area (Å²) in [6.45, 7) is 3.65. The molecule has 2 heterocycles. The molecule has 0 aliphatic carbocycles. The second-order valence-electron chi connectivity index (χ2n) is 3.48. The number of hydrogen-bond acceptors (Lipinski definition) is 4. The van der Waals surface area contributed by atoms with Crippen molar-refractivity contribution in [3.63, 3.8) is 0 Å². The minimum atomic E-state index is 0.330. The zero-order valence-corrected chi connectivity index (χ0v) is 8.63. The van der Waals surface area contributed by atoms with Gasteiger partial charge in [0.1, 0.15) is 18.4 Å². The summed E-state index contributed by atoms with van der Waals surface area (Å²) in [5, 5.41) is 7.38. The van der Waals surface area contributed by atoms with Gasteiger partial charge < -0.3 is 9.73 Å². The first-order chi connectivity index (χ1) is 7.34. The first kappa shape index (κ1) is 9.92. The number of rotatable bonds is 5. The molecule has 0 aromatic carbocycles. The van der Waals surface area contributed by atoms with Crippen molar-refractivity contribution in [1.82, 2.24) is 20.1 Å². The lowest BCUT2D eigenvalue weighted by Gasteiger charge is -2.12. The summed E-state index contributed by atoms with van der Waals surface area (Å²) in [6.07, 6.45) is 4.93. The summed E-state index contributed by atoms with van der Waals surface area (Å²) >= 11 is 0. The van der Waals surface area contributed by atoms with E-state index < -0.39 is 0 Å². The molecule has 0 aliphatic heterocycles. The number of nitrogens with zero attached hydrogens (tertiary/aromatic N) is 3. The molecule has 2 aromatic heterocycles. The van der Waals surface area contributed by atoms with E-state index in [-0.39, 0.29) is 0 Å². The van der Waals surface area contributed by atoms with Gasteiger partial charge in [0.2, 0.25) is 0 Å². The Kier molecular flexibility index (Phi) is 3.14. The van der Waals surface area contributed by atoms with Gasteiger partial charge in [-0.2, -0.15) is 5.10 Å². The van der Waals surface area contributed by atoms with Crippen LogP contribution in [0.2, 0.25) is 0 Å². The normalized spacial score (nSPS) is 12.9. The van der Waals surface area contributed by atoms with Crippen molar-refractivity contribution < 1.29 is 4.42 Å². The second kappa shape index (κ2) is 4.75. The minimum Gasteiger partial charge on any atom is -0.468 e. The lowest BCUT2D eigenvalue weighted by molar-refractivity contribution is 0.415. The van der Waals surface area contributed by atoms with Crippen LogP contribution in [0.25, 0.3) is 0 Å². The van der Waals surface area contributed by atoms with Crippen LogP contribution in [0.1, 0.15) is 12.7 Å². The third-order valence-corrected chi connectivity index (χ3v) is 2.13. The molecular weight excluding hydrogens is 192 g/mol. The van der Waals surface area contributed by atoms with E-state index >= 15 is 0 Å². The van der Waals surface area contributed by atoms with Gasteiger partial charge in [-0.1, -0.05) is 0 Å². The first-order valence-electron chi connectivity index (χ1n) is 4.93. The van der Waals surface area contributed by atoms with Gasteiger partial charge in [-0.05, 0) is 19.1 Å². The molecule has 0 amide bonds. The highest BCUT2D eigenvalue weighted by molar-refractivity contribution is 4.97. The maximum absolute atomic E-state index is 5.22. The molecule has 1 atom stereocenters. The second-order valence-corrected chi connectivity index (χ2v) is 3.48. The van der Waals surface area contributed by atoms with Gasteiger partial charge in [-0.3, -0.25) is 4.68 Å². The molecule has 0 saturated carbocycles. The quantitative estimate of drug-likeness (QED) is 0.794. The van der Waals surface area contributed by atoms with Crippen molar-refractivity contribution in [2.45, 2.75) is 26.1 Å². The maximum Gasteiger partial charge on any atom is 0.137 e. The van der Waals surface area contributed by atoms with Crippen LogP contribution in [-0.2, 0) is 13.1 Å². The Morgan fingerprint density at radius 2 is 2.53 bits per heavy atom. The molecular formula is C10H14N4O. The van der Waals surface area contributed by atoms with Crippen LogP contribution in [0.15, 0.2) is 35.5 Å². The molecule has 2 aromatic rings. The van der Waals surface area contributed by atoms with Gasteiger partial charge in [-0.15, -0.1) is 0 Å². The third-order valence-electron chi connectivity index (χ3n) is 2.13. The van der Waals surface area contributed by atoms with Crippen LogP contribution >= 0.6 is 0 Å². The van der Waals surface area contributed by atoms with E-state index in [1.54, 1.807) is 23.6 Å². The molecule has 80 valence electrons. The Balaban J connectivity index is 1.76. The monoisotopic (exact) mass is 206 g/mol. The minimum absolute atomic E-state index is 0.330. The number of nitrogens with one attached hydrogen (secondary N) is 1. The van der Waals surface area contributed by atoms with E-state index in [2.05, 4.69) is 22.3 Å². The van der Waals surface area contributed by atoms with E-state index in [4.69, 9.17) is 4.42 Å². The van der Waals surface area contributed by atoms with Crippen LogP contribution in [0.3, 0.4) is 0 Å². The van der Waals surface area contributed by atoms with Crippen LogP contribution < -0.4 is 5.32 Å². The average Bonchev–Trinajstić information content (AvgIpc) is 2.86.